The van der Waals surface area contributed by atoms with Gasteiger partial charge in [0.05, 0.1) is 12.8 Å². The normalized spacial score (nSPS) is 12.5. The summed E-state index contributed by atoms with van der Waals surface area (Å²) in [7, 11) is -3.13. The Morgan fingerprint density at radius 1 is 1.35 bits per heavy atom. The van der Waals surface area contributed by atoms with Gasteiger partial charge in [0.25, 0.3) is 0 Å². The van der Waals surface area contributed by atoms with Crippen molar-refractivity contribution in [2.75, 3.05) is 11.8 Å². The molecule has 8 nitrogen and oxygen atoms in total. The highest BCUT2D eigenvalue weighted by molar-refractivity contribution is 7.94. The molecule has 1 atom stereocenters. The van der Waals surface area contributed by atoms with Crippen molar-refractivity contribution < 1.29 is 33.0 Å². The first kappa shape index (κ1) is 15.8. The Hall–Kier alpha value is -2.29. The zero-order valence-electron chi connectivity index (χ0n) is 10.7. The number of hydrogen-bond donors (Lipinski definition) is 3. The maximum absolute atomic E-state index is 11.9. The molecule has 9 heteroatoms. The molecule has 1 rings (SSSR count). The molecule has 0 saturated carbocycles. The summed E-state index contributed by atoms with van der Waals surface area (Å²) >= 11 is 0. The van der Waals surface area contributed by atoms with E-state index in [-0.39, 0.29) is 5.69 Å². The fraction of sp³-hybridized carbons (Fsp3) is 0.273. The lowest BCUT2D eigenvalue weighted by Gasteiger charge is -2.14. The number of sulfonamides is 1. The third-order valence-electron chi connectivity index (χ3n) is 2.52. The van der Waals surface area contributed by atoms with Gasteiger partial charge in [-0.05, 0) is 19.1 Å². The average Bonchev–Trinajstić information content (AvgIpc) is 2.38. The number of carboxylic acid groups (broad SMARTS) is 1. The van der Waals surface area contributed by atoms with Crippen LogP contribution in [0.4, 0.5) is 5.69 Å². The third kappa shape index (κ3) is 3.18. The Bertz CT molecular complexity index is 638. The van der Waals surface area contributed by atoms with E-state index in [0.29, 0.717) is 0 Å². The van der Waals surface area contributed by atoms with Crippen LogP contribution in [0.25, 0.3) is 0 Å². The predicted octanol–water partition coefficient (Wildman–Crippen LogP) is 0.394. The lowest BCUT2D eigenvalue weighted by molar-refractivity contribution is -0.139. The summed E-state index contributed by atoms with van der Waals surface area (Å²) in [5.74, 6) is -3.13. The van der Waals surface area contributed by atoms with Crippen LogP contribution >= 0.6 is 0 Å². The number of aromatic hydroxyl groups is 1. The molecule has 0 radical (unpaired) electrons. The highest BCUT2D eigenvalue weighted by Crippen LogP contribution is 2.28. The highest BCUT2D eigenvalue weighted by atomic mass is 32.2. The topological polar surface area (TPSA) is 130 Å². The summed E-state index contributed by atoms with van der Waals surface area (Å²) < 4.78 is 30.0. The van der Waals surface area contributed by atoms with E-state index in [1.807, 2.05) is 4.72 Å². The number of carboxylic acids is 1. The number of aromatic carboxylic acids is 1. The van der Waals surface area contributed by atoms with Crippen molar-refractivity contribution in [1.29, 1.82) is 0 Å². The first-order valence-corrected chi connectivity index (χ1v) is 6.90. The Labute approximate surface area is 115 Å². The smallest absolute Gasteiger partial charge is 0.339 e. The van der Waals surface area contributed by atoms with Crippen LogP contribution in [0.15, 0.2) is 18.2 Å². The molecule has 1 aromatic carbocycles. The number of para-hydroxylation sites is 1. The molecule has 1 unspecified atom stereocenters. The van der Waals surface area contributed by atoms with Gasteiger partial charge in [0, 0.05) is 0 Å². The molecule has 0 aliphatic carbocycles. The van der Waals surface area contributed by atoms with Crippen molar-refractivity contribution in [3.05, 3.63) is 23.8 Å². The summed E-state index contributed by atoms with van der Waals surface area (Å²) in [6.07, 6.45) is 0. The maximum atomic E-state index is 11.9. The zero-order valence-corrected chi connectivity index (χ0v) is 11.5. The lowest BCUT2D eigenvalue weighted by atomic mass is 10.2. The standard InChI is InChI=1S/C11H13NO7S/c1-6(11(16)19-2)20(17,18)12-8-5-3-4-7(9(8)13)10(14)15/h3-6,12-13H,1-2H3,(H,14,15). The van der Waals surface area contributed by atoms with Crippen molar-refractivity contribution in [2.45, 2.75) is 12.2 Å². The van der Waals surface area contributed by atoms with Gasteiger partial charge in [-0.2, -0.15) is 0 Å². The van der Waals surface area contributed by atoms with Gasteiger partial charge in [-0.15, -0.1) is 0 Å². The number of rotatable bonds is 5. The fourth-order valence-corrected chi connectivity index (χ4v) is 2.33. The van der Waals surface area contributed by atoms with E-state index in [2.05, 4.69) is 4.74 Å². The molecule has 0 spiro atoms. The summed E-state index contributed by atoms with van der Waals surface area (Å²) in [6.45, 7) is 1.10. The summed E-state index contributed by atoms with van der Waals surface area (Å²) in [4.78, 5) is 22.0. The van der Waals surface area contributed by atoms with Crippen molar-refractivity contribution >= 4 is 27.6 Å². The molecule has 110 valence electrons. The van der Waals surface area contributed by atoms with E-state index in [0.717, 1.165) is 20.1 Å². The molecule has 1 aromatic rings. The minimum Gasteiger partial charge on any atom is -0.505 e. The fourth-order valence-electron chi connectivity index (χ4n) is 1.33. The Morgan fingerprint density at radius 2 is 1.95 bits per heavy atom. The minimum atomic E-state index is -4.17. The molecule has 0 aliphatic heterocycles. The molecule has 0 saturated heterocycles. The van der Waals surface area contributed by atoms with Crippen molar-refractivity contribution in [1.82, 2.24) is 0 Å². The van der Waals surface area contributed by atoms with E-state index >= 15 is 0 Å². The van der Waals surface area contributed by atoms with Gasteiger partial charge < -0.3 is 14.9 Å². The number of esters is 1. The number of carbonyl (C=O) groups is 2. The van der Waals surface area contributed by atoms with Gasteiger partial charge >= 0.3 is 11.9 Å². The second-order valence-electron chi connectivity index (χ2n) is 3.82. The lowest BCUT2D eigenvalue weighted by Crippen LogP contribution is -2.33. The molecule has 0 aliphatic rings. The first-order valence-electron chi connectivity index (χ1n) is 5.35. The number of benzene rings is 1. The predicted molar refractivity (Wildman–Crippen MR) is 69.1 cm³/mol. The molecular weight excluding hydrogens is 290 g/mol. The summed E-state index contributed by atoms with van der Waals surface area (Å²) in [6, 6.07) is 3.53. The highest BCUT2D eigenvalue weighted by Gasteiger charge is 2.30. The van der Waals surface area contributed by atoms with Crippen molar-refractivity contribution in [3.8, 4) is 5.75 Å². The van der Waals surface area contributed by atoms with Crippen LogP contribution in [0, 0.1) is 0 Å². The number of carbonyl (C=O) groups excluding carboxylic acids is 1. The van der Waals surface area contributed by atoms with Crippen LogP contribution in [0.1, 0.15) is 17.3 Å². The molecular formula is C11H13NO7S. The maximum Gasteiger partial charge on any atom is 0.339 e. The van der Waals surface area contributed by atoms with Crippen LogP contribution in [-0.2, 0) is 19.6 Å². The quantitative estimate of drug-likeness (QED) is 0.530. The molecule has 0 heterocycles. The van der Waals surface area contributed by atoms with E-state index in [9.17, 15) is 23.1 Å². The molecule has 0 bridgehead atoms. The number of anilines is 1. The number of ether oxygens (including phenoxy) is 1. The van der Waals surface area contributed by atoms with Gasteiger partial charge in [-0.25, -0.2) is 13.2 Å². The second-order valence-corrected chi connectivity index (χ2v) is 5.82. The van der Waals surface area contributed by atoms with Crippen LogP contribution in [0.5, 0.6) is 5.75 Å². The largest absolute Gasteiger partial charge is 0.505 e. The number of hydrogen-bond acceptors (Lipinski definition) is 6. The first-order chi connectivity index (χ1) is 9.20. The van der Waals surface area contributed by atoms with E-state index in [4.69, 9.17) is 5.11 Å². The summed E-state index contributed by atoms with van der Waals surface area (Å²) in [5.41, 5.74) is -0.795. The monoisotopic (exact) mass is 303 g/mol. The Balaban J connectivity index is 3.14. The molecule has 20 heavy (non-hydrogen) atoms. The van der Waals surface area contributed by atoms with Crippen molar-refractivity contribution in [2.24, 2.45) is 0 Å². The van der Waals surface area contributed by atoms with Gasteiger partial charge in [0.2, 0.25) is 10.0 Å². The Kier molecular flexibility index (Phi) is 4.56. The second kappa shape index (κ2) is 5.78. The SMILES string of the molecule is COC(=O)C(C)S(=O)(=O)Nc1cccc(C(=O)O)c1O. The average molecular weight is 303 g/mol. The molecule has 0 fully saturated rings. The van der Waals surface area contributed by atoms with E-state index in [1.165, 1.54) is 12.1 Å². The molecule has 0 amide bonds. The zero-order chi connectivity index (χ0) is 15.5. The number of phenols is 1. The Morgan fingerprint density at radius 3 is 2.45 bits per heavy atom. The van der Waals surface area contributed by atoms with Gasteiger partial charge in [-0.1, -0.05) is 6.07 Å². The number of methoxy groups -OCH3 is 1. The van der Waals surface area contributed by atoms with Crippen LogP contribution in [0.2, 0.25) is 0 Å². The number of nitrogens with one attached hydrogen (secondary N) is 1. The van der Waals surface area contributed by atoms with Crippen LogP contribution < -0.4 is 4.72 Å². The van der Waals surface area contributed by atoms with Gasteiger partial charge in [0.15, 0.2) is 11.0 Å². The van der Waals surface area contributed by atoms with Gasteiger partial charge in [-0.3, -0.25) is 9.52 Å². The van der Waals surface area contributed by atoms with Crippen LogP contribution in [-0.4, -0.2) is 42.9 Å². The van der Waals surface area contributed by atoms with Gasteiger partial charge in [0.1, 0.15) is 5.56 Å². The van der Waals surface area contributed by atoms with Crippen LogP contribution in [0.3, 0.4) is 0 Å². The minimum absolute atomic E-state index is 0.333. The van der Waals surface area contributed by atoms with E-state index < -0.39 is 38.5 Å². The van der Waals surface area contributed by atoms with E-state index in [1.54, 1.807) is 0 Å². The molecule has 3 N–H and O–H groups in total. The van der Waals surface area contributed by atoms with Crippen molar-refractivity contribution in [3.63, 3.8) is 0 Å². The third-order valence-corrected chi connectivity index (χ3v) is 4.14. The summed E-state index contributed by atoms with van der Waals surface area (Å²) in [5, 5.41) is 17.0. The molecule has 0 aromatic heterocycles.